The molecule has 3 aromatic rings. The first kappa shape index (κ1) is 22.9. The Morgan fingerprint density at radius 3 is 2.53 bits per heavy atom. The number of ether oxygens (including phenoxy) is 1. The minimum absolute atomic E-state index is 0.0138. The number of carbonyl (C=O) groups excluding carboxylic acids is 2. The van der Waals surface area contributed by atoms with Crippen molar-refractivity contribution in [1.82, 2.24) is 0 Å². The number of hydrogen-bond donors (Lipinski definition) is 2. The molecule has 0 radical (unpaired) electrons. The van der Waals surface area contributed by atoms with Crippen molar-refractivity contribution < 1.29 is 31.9 Å². The molecule has 3 rings (SSSR count). The number of amides is 2. The largest absolute Gasteiger partial charge is 0.494 e. The quantitative estimate of drug-likeness (QED) is 0.438. The second-order valence-electron chi connectivity index (χ2n) is 7.01. The highest BCUT2D eigenvalue weighted by Gasteiger charge is 2.34. The Kier molecular flexibility index (Phi) is 7.19. The Labute approximate surface area is 182 Å². The van der Waals surface area contributed by atoms with Crippen LogP contribution < -0.4 is 15.4 Å². The summed E-state index contributed by atoms with van der Waals surface area (Å²) in [6.07, 6.45) is -3.14. The van der Waals surface area contributed by atoms with Gasteiger partial charge in [-0.05, 0) is 61.4 Å². The van der Waals surface area contributed by atoms with Gasteiger partial charge in [-0.1, -0.05) is 12.1 Å². The number of hydrogen-bond acceptors (Lipinski definition) is 4. The first-order valence-electron chi connectivity index (χ1n) is 9.78. The summed E-state index contributed by atoms with van der Waals surface area (Å²) in [7, 11) is 0. The number of carbonyl (C=O) groups is 2. The first-order valence-corrected chi connectivity index (χ1v) is 9.78. The van der Waals surface area contributed by atoms with Crippen LogP contribution in [-0.4, -0.2) is 18.4 Å². The van der Waals surface area contributed by atoms with Crippen molar-refractivity contribution in [1.29, 1.82) is 0 Å². The van der Waals surface area contributed by atoms with E-state index in [1.165, 1.54) is 24.5 Å². The van der Waals surface area contributed by atoms with Gasteiger partial charge >= 0.3 is 6.18 Å². The van der Waals surface area contributed by atoms with E-state index >= 15 is 0 Å². The van der Waals surface area contributed by atoms with Crippen molar-refractivity contribution in [3.63, 3.8) is 0 Å². The summed E-state index contributed by atoms with van der Waals surface area (Å²) in [4.78, 5) is 24.2. The van der Waals surface area contributed by atoms with E-state index in [0.29, 0.717) is 12.2 Å². The summed E-state index contributed by atoms with van der Waals surface area (Å²) >= 11 is 0. The van der Waals surface area contributed by atoms with Gasteiger partial charge in [-0.2, -0.15) is 13.2 Å². The molecule has 2 N–H and O–H groups in total. The zero-order valence-corrected chi connectivity index (χ0v) is 17.2. The number of aryl methyl sites for hydroxylation is 1. The van der Waals surface area contributed by atoms with Gasteiger partial charge in [-0.3, -0.25) is 9.59 Å². The van der Waals surface area contributed by atoms with Crippen LogP contribution >= 0.6 is 0 Å². The van der Waals surface area contributed by atoms with E-state index in [-0.39, 0.29) is 24.5 Å². The van der Waals surface area contributed by atoms with Gasteiger partial charge in [0.25, 0.3) is 5.91 Å². The van der Waals surface area contributed by atoms with Gasteiger partial charge in [0.15, 0.2) is 5.76 Å². The molecule has 0 fully saturated rings. The normalized spacial score (nSPS) is 11.1. The predicted molar refractivity (Wildman–Crippen MR) is 113 cm³/mol. The van der Waals surface area contributed by atoms with Gasteiger partial charge in [-0.15, -0.1) is 0 Å². The van der Waals surface area contributed by atoms with E-state index in [9.17, 15) is 22.8 Å². The summed E-state index contributed by atoms with van der Waals surface area (Å²) in [5.41, 5.74) is -0.510. The smallest absolute Gasteiger partial charge is 0.418 e. The van der Waals surface area contributed by atoms with Crippen LogP contribution in [0.15, 0.2) is 65.3 Å². The highest BCUT2D eigenvalue weighted by atomic mass is 19.4. The maximum atomic E-state index is 13.5. The molecular weight excluding hydrogens is 425 g/mol. The molecule has 0 aliphatic rings. The van der Waals surface area contributed by atoms with Crippen LogP contribution in [0.1, 0.15) is 34.5 Å². The van der Waals surface area contributed by atoms with Gasteiger partial charge in [0.2, 0.25) is 5.91 Å². The van der Waals surface area contributed by atoms with Crippen LogP contribution in [0, 0.1) is 6.92 Å². The van der Waals surface area contributed by atoms with Gasteiger partial charge in [0, 0.05) is 12.1 Å². The van der Waals surface area contributed by atoms with Crippen molar-refractivity contribution in [2.75, 3.05) is 17.2 Å². The van der Waals surface area contributed by atoms with Crippen molar-refractivity contribution >= 4 is 23.2 Å². The molecule has 0 unspecified atom stereocenters. The zero-order chi connectivity index (χ0) is 23.1. The molecule has 32 heavy (non-hydrogen) atoms. The van der Waals surface area contributed by atoms with Crippen molar-refractivity contribution in [3.8, 4) is 5.75 Å². The number of halogens is 3. The van der Waals surface area contributed by atoms with Crippen LogP contribution in [0.2, 0.25) is 0 Å². The van der Waals surface area contributed by atoms with Crippen molar-refractivity contribution in [2.45, 2.75) is 25.9 Å². The lowest BCUT2D eigenvalue weighted by Gasteiger charge is -2.16. The molecule has 1 heterocycles. The molecule has 0 saturated heterocycles. The SMILES string of the molecule is Cc1cccc(OCCCC(=O)Nc2ccc(NC(=O)c3ccco3)cc2C(F)(F)F)c1. The van der Waals surface area contributed by atoms with E-state index in [1.54, 1.807) is 6.07 Å². The average Bonchev–Trinajstić information content (AvgIpc) is 3.27. The van der Waals surface area contributed by atoms with Crippen LogP contribution in [0.3, 0.4) is 0 Å². The van der Waals surface area contributed by atoms with Gasteiger partial charge < -0.3 is 19.8 Å². The molecular formula is C23H21F3N2O4. The zero-order valence-electron chi connectivity index (χ0n) is 17.2. The first-order chi connectivity index (χ1) is 15.2. The fourth-order valence-corrected chi connectivity index (χ4v) is 2.91. The molecule has 1 aromatic heterocycles. The maximum absolute atomic E-state index is 13.5. The second kappa shape index (κ2) is 10.0. The Balaban J connectivity index is 1.59. The number of benzene rings is 2. The van der Waals surface area contributed by atoms with Gasteiger partial charge in [-0.25, -0.2) is 0 Å². The molecule has 168 valence electrons. The van der Waals surface area contributed by atoms with E-state index in [2.05, 4.69) is 10.6 Å². The van der Waals surface area contributed by atoms with E-state index in [4.69, 9.17) is 9.15 Å². The molecule has 2 aromatic carbocycles. The third-order valence-electron chi connectivity index (χ3n) is 4.41. The topological polar surface area (TPSA) is 80.6 Å². The van der Waals surface area contributed by atoms with Crippen LogP contribution in [-0.2, 0) is 11.0 Å². The minimum atomic E-state index is -4.73. The third-order valence-corrected chi connectivity index (χ3v) is 4.41. The van der Waals surface area contributed by atoms with Crippen molar-refractivity contribution in [3.05, 3.63) is 77.7 Å². The van der Waals surface area contributed by atoms with Gasteiger partial charge in [0.1, 0.15) is 5.75 Å². The summed E-state index contributed by atoms with van der Waals surface area (Å²) in [5, 5.41) is 4.62. The number of nitrogens with one attached hydrogen (secondary N) is 2. The molecule has 0 saturated carbocycles. The van der Waals surface area contributed by atoms with E-state index in [0.717, 1.165) is 17.7 Å². The fraction of sp³-hybridized carbons (Fsp3) is 0.217. The molecule has 0 bridgehead atoms. The Morgan fingerprint density at radius 2 is 1.84 bits per heavy atom. The number of rotatable bonds is 8. The number of alkyl halides is 3. The molecule has 9 heteroatoms. The van der Waals surface area contributed by atoms with E-state index in [1.807, 2.05) is 25.1 Å². The maximum Gasteiger partial charge on any atom is 0.418 e. The third kappa shape index (κ3) is 6.37. The van der Waals surface area contributed by atoms with Crippen LogP contribution in [0.4, 0.5) is 24.5 Å². The predicted octanol–water partition coefficient (Wildman–Crippen LogP) is 5.66. The fourth-order valence-electron chi connectivity index (χ4n) is 2.91. The summed E-state index contributed by atoms with van der Waals surface area (Å²) in [6, 6.07) is 13.4. The standard InChI is InChI=1S/C23H21F3N2O4/c1-15-5-2-6-17(13-15)31-11-4-8-21(29)28-19-10-9-16(14-18(19)23(24,25)26)27-22(30)20-7-3-12-32-20/h2-3,5-7,9-10,12-14H,4,8,11H2,1H3,(H,27,30)(H,28,29). The number of anilines is 2. The Morgan fingerprint density at radius 1 is 1.03 bits per heavy atom. The lowest BCUT2D eigenvalue weighted by Crippen LogP contribution is -2.18. The second-order valence-corrected chi connectivity index (χ2v) is 7.01. The van der Waals surface area contributed by atoms with E-state index < -0.39 is 29.2 Å². The summed E-state index contributed by atoms with van der Waals surface area (Å²) in [5.74, 6) is -0.634. The Bertz CT molecular complexity index is 1080. The molecule has 0 aliphatic carbocycles. The Hall–Kier alpha value is -3.75. The minimum Gasteiger partial charge on any atom is -0.494 e. The lowest BCUT2D eigenvalue weighted by atomic mass is 10.1. The average molecular weight is 446 g/mol. The molecule has 0 spiro atoms. The highest BCUT2D eigenvalue weighted by Crippen LogP contribution is 2.36. The molecule has 2 amide bonds. The molecule has 0 atom stereocenters. The summed E-state index contributed by atoms with van der Waals surface area (Å²) < 4.78 is 51.0. The summed E-state index contributed by atoms with van der Waals surface area (Å²) in [6.45, 7) is 2.17. The number of furan rings is 1. The molecule has 6 nitrogen and oxygen atoms in total. The van der Waals surface area contributed by atoms with Crippen molar-refractivity contribution in [2.24, 2.45) is 0 Å². The van der Waals surface area contributed by atoms with Crippen LogP contribution in [0.25, 0.3) is 0 Å². The van der Waals surface area contributed by atoms with Gasteiger partial charge in [0.05, 0.1) is 24.1 Å². The lowest BCUT2D eigenvalue weighted by molar-refractivity contribution is -0.136. The van der Waals surface area contributed by atoms with Crippen LogP contribution in [0.5, 0.6) is 5.75 Å². The molecule has 0 aliphatic heterocycles. The monoisotopic (exact) mass is 446 g/mol. The highest BCUT2D eigenvalue weighted by molar-refractivity contribution is 6.02.